The average molecular weight is 156 g/mol. The first-order chi connectivity index (χ1) is 5.06. The highest BCUT2D eigenvalue weighted by atomic mass is 16.7. The molecule has 2 heterocycles. The summed E-state index contributed by atoms with van der Waals surface area (Å²) in [7, 11) is 0. The Kier molecular flexibility index (Phi) is 1.37. The zero-order chi connectivity index (χ0) is 8.11. The number of hydrogen-bond donors (Lipinski definition) is 0. The summed E-state index contributed by atoms with van der Waals surface area (Å²) < 4.78 is 11.2. The van der Waals surface area contributed by atoms with Crippen LogP contribution >= 0.6 is 0 Å². The monoisotopic (exact) mass is 156 g/mol. The van der Waals surface area contributed by atoms with E-state index in [0.717, 1.165) is 19.6 Å². The van der Waals surface area contributed by atoms with E-state index in [-0.39, 0.29) is 5.79 Å². The van der Waals surface area contributed by atoms with Gasteiger partial charge in [0.2, 0.25) is 0 Å². The van der Waals surface area contributed by atoms with Crippen molar-refractivity contribution in [3.63, 3.8) is 0 Å². The summed E-state index contributed by atoms with van der Waals surface area (Å²) in [5, 5.41) is 0. The van der Waals surface area contributed by atoms with Crippen molar-refractivity contribution in [3.05, 3.63) is 0 Å². The third-order valence-electron chi connectivity index (χ3n) is 3.23. The highest BCUT2D eigenvalue weighted by Crippen LogP contribution is 2.51. The van der Waals surface area contributed by atoms with Crippen LogP contribution in [-0.4, -0.2) is 19.0 Å². The summed E-state index contributed by atoms with van der Waals surface area (Å²) in [6.45, 7) is 8.33. The Hall–Kier alpha value is -0.0800. The first-order valence-corrected chi connectivity index (χ1v) is 4.34. The lowest BCUT2D eigenvalue weighted by Crippen LogP contribution is -2.33. The zero-order valence-corrected chi connectivity index (χ0v) is 7.52. The summed E-state index contributed by atoms with van der Waals surface area (Å²) in [4.78, 5) is 0. The summed E-state index contributed by atoms with van der Waals surface area (Å²) in [5.74, 6) is 0.427. The van der Waals surface area contributed by atoms with Crippen molar-refractivity contribution >= 4 is 0 Å². The maximum atomic E-state index is 5.58. The molecule has 0 aromatic heterocycles. The van der Waals surface area contributed by atoms with Crippen molar-refractivity contribution in [2.24, 2.45) is 11.3 Å². The molecule has 2 heteroatoms. The van der Waals surface area contributed by atoms with E-state index in [1.807, 2.05) is 6.92 Å². The minimum Gasteiger partial charge on any atom is -0.350 e. The molecule has 2 rings (SSSR count). The van der Waals surface area contributed by atoms with Gasteiger partial charge in [0, 0.05) is 11.8 Å². The van der Waals surface area contributed by atoms with Gasteiger partial charge >= 0.3 is 0 Å². The molecule has 64 valence electrons. The van der Waals surface area contributed by atoms with Crippen LogP contribution in [0.4, 0.5) is 0 Å². The smallest absolute Gasteiger partial charge is 0.166 e. The number of ether oxygens (including phenoxy) is 2. The van der Waals surface area contributed by atoms with Crippen molar-refractivity contribution in [1.29, 1.82) is 0 Å². The molecule has 11 heavy (non-hydrogen) atoms. The lowest BCUT2D eigenvalue weighted by atomic mass is 9.77. The standard InChI is InChI=1S/C9H16O2/c1-7(2)9-4-8(3,10-5-9)11-6-9/h7H,4-6H2,1-3H3. The predicted molar refractivity (Wildman–Crippen MR) is 42.2 cm³/mol. The van der Waals surface area contributed by atoms with E-state index in [1.54, 1.807) is 0 Å². The summed E-state index contributed by atoms with van der Waals surface area (Å²) >= 11 is 0. The van der Waals surface area contributed by atoms with Crippen LogP contribution in [0.5, 0.6) is 0 Å². The molecule has 2 saturated heterocycles. The van der Waals surface area contributed by atoms with Crippen LogP contribution in [0.1, 0.15) is 27.2 Å². The third kappa shape index (κ3) is 0.926. The molecule has 0 aromatic rings. The van der Waals surface area contributed by atoms with Crippen molar-refractivity contribution in [3.8, 4) is 0 Å². The minimum atomic E-state index is -0.246. The van der Waals surface area contributed by atoms with Crippen LogP contribution in [0.15, 0.2) is 0 Å². The van der Waals surface area contributed by atoms with Gasteiger partial charge in [-0.2, -0.15) is 0 Å². The fourth-order valence-corrected chi connectivity index (χ4v) is 2.06. The van der Waals surface area contributed by atoms with Gasteiger partial charge in [0.1, 0.15) is 0 Å². The van der Waals surface area contributed by atoms with Gasteiger partial charge in [-0.05, 0) is 12.8 Å². The van der Waals surface area contributed by atoms with Gasteiger partial charge < -0.3 is 9.47 Å². The molecule has 2 fully saturated rings. The zero-order valence-electron chi connectivity index (χ0n) is 7.52. The molecule has 2 nitrogen and oxygen atoms in total. The van der Waals surface area contributed by atoms with Gasteiger partial charge in [-0.25, -0.2) is 0 Å². The van der Waals surface area contributed by atoms with E-state index in [2.05, 4.69) is 13.8 Å². The molecule has 0 aromatic carbocycles. The molecule has 0 aliphatic carbocycles. The van der Waals surface area contributed by atoms with Gasteiger partial charge in [0.05, 0.1) is 13.2 Å². The van der Waals surface area contributed by atoms with E-state index in [4.69, 9.17) is 9.47 Å². The van der Waals surface area contributed by atoms with Crippen molar-refractivity contribution in [2.45, 2.75) is 33.0 Å². The molecule has 0 amide bonds. The minimum absolute atomic E-state index is 0.246. The molecule has 0 atom stereocenters. The van der Waals surface area contributed by atoms with E-state index in [9.17, 15) is 0 Å². The van der Waals surface area contributed by atoms with Crippen LogP contribution in [-0.2, 0) is 9.47 Å². The second kappa shape index (κ2) is 1.99. The van der Waals surface area contributed by atoms with E-state index in [0.29, 0.717) is 11.3 Å². The maximum absolute atomic E-state index is 5.58. The molecule has 0 N–H and O–H groups in total. The highest BCUT2D eigenvalue weighted by molar-refractivity contribution is 4.97. The summed E-state index contributed by atoms with van der Waals surface area (Å²) in [6.07, 6.45) is 1.08. The second-order valence-corrected chi connectivity index (χ2v) is 4.41. The van der Waals surface area contributed by atoms with Crippen molar-refractivity contribution < 1.29 is 9.47 Å². The molecule has 2 bridgehead atoms. The lowest BCUT2D eigenvalue weighted by molar-refractivity contribution is -0.213. The van der Waals surface area contributed by atoms with Crippen molar-refractivity contribution in [1.82, 2.24) is 0 Å². The Morgan fingerprint density at radius 3 is 1.91 bits per heavy atom. The van der Waals surface area contributed by atoms with E-state index in [1.165, 1.54) is 0 Å². The number of rotatable bonds is 1. The Morgan fingerprint density at radius 2 is 1.73 bits per heavy atom. The second-order valence-electron chi connectivity index (χ2n) is 4.41. The SMILES string of the molecule is CC(C)C12COC(C)(C1)OC2. The van der Waals surface area contributed by atoms with Crippen LogP contribution in [0.2, 0.25) is 0 Å². The first kappa shape index (κ1) is 7.56. The van der Waals surface area contributed by atoms with Crippen LogP contribution in [0, 0.1) is 11.3 Å². The molecule has 0 radical (unpaired) electrons. The molecule has 2 aliphatic heterocycles. The molecular weight excluding hydrogens is 140 g/mol. The quantitative estimate of drug-likeness (QED) is 0.576. The van der Waals surface area contributed by atoms with Crippen LogP contribution in [0.25, 0.3) is 0 Å². The van der Waals surface area contributed by atoms with Gasteiger partial charge in [0.25, 0.3) is 0 Å². The Bertz CT molecular complexity index is 166. The summed E-state index contributed by atoms with van der Waals surface area (Å²) in [6, 6.07) is 0. The molecule has 0 spiro atoms. The Labute approximate surface area is 67.9 Å². The van der Waals surface area contributed by atoms with E-state index >= 15 is 0 Å². The number of hydrogen-bond acceptors (Lipinski definition) is 2. The van der Waals surface area contributed by atoms with Gasteiger partial charge in [-0.1, -0.05) is 13.8 Å². The van der Waals surface area contributed by atoms with Gasteiger partial charge in [-0.3, -0.25) is 0 Å². The lowest BCUT2D eigenvalue weighted by Gasteiger charge is -2.29. The fourth-order valence-electron chi connectivity index (χ4n) is 2.06. The van der Waals surface area contributed by atoms with Crippen LogP contribution in [0.3, 0.4) is 0 Å². The maximum Gasteiger partial charge on any atom is 0.166 e. The highest BCUT2D eigenvalue weighted by Gasteiger charge is 2.55. The molecule has 0 unspecified atom stereocenters. The number of fused-ring (bicyclic) bond motifs is 2. The van der Waals surface area contributed by atoms with Crippen LogP contribution < -0.4 is 0 Å². The normalized spacial score (nSPS) is 49.1. The Morgan fingerprint density at radius 1 is 1.18 bits per heavy atom. The molecule has 2 aliphatic rings. The predicted octanol–water partition coefficient (Wildman–Crippen LogP) is 1.80. The van der Waals surface area contributed by atoms with E-state index < -0.39 is 0 Å². The van der Waals surface area contributed by atoms with Crippen molar-refractivity contribution in [2.75, 3.05) is 13.2 Å². The average Bonchev–Trinajstić information content (AvgIpc) is 2.42. The first-order valence-electron chi connectivity index (χ1n) is 4.34. The Balaban J connectivity index is 2.20. The largest absolute Gasteiger partial charge is 0.350 e. The molecule has 0 saturated carbocycles. The fraction of sp³-hybridized carbons (Fsp3) is 1.00. The summed E-state index contributed by atoms with van der Waals surface area (Å²) in [5.41, 5.74) is 0.328. The molecular formula is C9H16O2. The topological polar surface area (TPSA) is 18.5 Å². The van der Waals surface area contributed by atoms with Gasteiger partial charge in [0.15, 0.2) is 5.79 Å². The third-order valence-corrected chi connectivity index (χ3v) is 3.23. The van der Waals surface area contributed by atoms with Gasteiger partial charge in [-0.15, -0.1) is 0 Å².